The van der Waals surface area contributed by atoms with Gasteiger partial charge in [0.05, 0.1) is 6.10 Å². The van der Waals surface area contributed by atoms with Gasteiger partial charge in [0, 0.05) is 12.1 Å². The van der Waals surface area contributed by atoms with Crippen molar-refractivity contribution in [1.82, 2.24) is 5.32 Å². The van der Waals surface area contributed by atoms with E-state index in [0.717, 1.165) is 5.56 Å². The van der Waals surface area contributed by atoms with E-state index in [2.05, 4.69) is 5.32 Å². The molecule has 0 fully saturated rings. The molecule has 1 amide bonds. The molecule has 0 heterocycles. The van der Waals surface area contributed by atoms with Crippen molar-refractivity contribution in [3.63, 3.8) is 0 Å². The summed E-state index contributed by atoms with van der Waals surface area (Å²) in [4.78, 5) is 23.4. The maximum atomic E-state index is 12.0. The fourth-order valence-electron chi connectivity index (χ4n) is 2.22. The number of carbonyl (C=O) groups is 2. The summed E-state index contributed by atoms with van der Waals surface area (Å²) in [5, 5.41) is 22.2. The van der Waals surface area contributed by atoms with E-state index in [9.17, 15) is 19.8 Å². The molecule has 2 aromatic rings. The number of carbonyl (C=O) groups excluding carboxylic acids is 1. The molecule has 0 spiro atoms. The Bertz CT molecular complexity index is 667. The van der Waals surface area contributed by atoms with Crippen LogP contribution in [0.15, 0.2) is 54.6 Å². The molecule has 120 valence electrons. The predicted octanol–water partition coefficient (Wildman–Crippen LogP) is 2.16. The number of aliphatic carboxylic acids is 1. The van der Waals surface area contributed by atoms with Crippen molar-refractivity contribution in [2.24, 2.45) is 5.92 Å². The lowest BCUT2D eigenvalue weighted by molar-refractivity contribution is -0.145. The van der Waals surface area contributed by atoms with Crippen LogP contribution in [-0.4, -0.2) is 28.6 Å². The summed E-state index contributed by atoms with van der Waals surface area (Å²) in [5.41, 5.74) is 1.98. The number of carboxylic acid groups (broad SMARTS) is 1. The highest BCUT2D eigenvalue weighted by Crippen LogP contribution is 2.22. The normalized spacial score (nSPS) is 13.1. The van der Waals surface area contributed by atoms with E-state index in [1.54, 1.807) is 54.6 Å². The zero-order valence-electron chi connectivity index (χ0n) is 12.8. The molecular formula is C18H19NO4. The Labute approximate surface area is 134 Å². The summed E-state index contributed by atoms with van der Waals surface area (Å²) in [5.74, 6) is -2.65. The fraction of sp³-hybridized carbons (Fsp3) is 0.222. The molecular weight excluding hydrogens is 294 g/mol. The first kappa shape index (κ1) is 16.7. The van der Waals surface area contributed by atoms with Gasteiger partial charge in [-0.25, -0.2) is 0 Å². The Morgan fingerprint density at radius 2 is 1.65 bits per heavy atom. The summed E-state index contributed by atoms with van der Waals surface area (Å²) >= 11 is 0. The van der Waals surface area contributed by atoms with Gasteiger partial charge in [0.2, 0.25) is 0 Å². The number of hydrogen-bond donors (Lipinski definition) is 3. The molecule has 5 heteroatoms. The standard InChI is InChI=1S/C18H19NO4/c1-12-7-9-13(10-8-12)16(20)15(18(22)23)11-19-17(21)14-5-3-2-4-6-14/h2-10,15-16,20H,11H2,1H3,(H,19,21)(H,22,23)/t15-,16-/m1/s1. The number of aliphatic hydroxyl groups is 1. The van der Waals surface area contributed by atoms with Crippen LogP contribution in [0.5, 0.6) is 0 Å². The number of nitrogens with one attached hydrogen (secondary N) is 1. The van der Waals surface area contributed by atoms with Gasteiger partial charge in [0.15, 0.2) is 0 Å². The van der Waals surface area contributed by atoms with Crippen LogP contribution in [0.3, 0.4) is 0 Å². The third-order valence-electron chi connectivity index (χ3n) is 3.64. The second-order valence-electron chi connectivity index (χ2n) is 5.38. The third kappa shape index (κ3) is 4.40. The molecule has 0 aliphatic heterocycles. The summed E-state index contributed by atoms with van der Waals surface area (Å²) < 4.78 is 0. The monoisotopic (exact) mass is 313 g/mol. The zero-order valence-corrected chi connectivity index (χ0v) is 12.8. The van der Waals surface area contributed by atoms with E-state index in [1.165, 1.54) is 0 Å². The van der Waals surface area contributed by atoms with Gasteiger partial charge in [-0.3, -0.25) is 9.59 Å². The molecule has 5 nitrogen and oxygen atoms in total. The highest BCUT2D eigenvalue weighted by atomic mass is 16.4. The first-order chi connectivity index (χ1) is 11.0. The molecule has 23 heavy (non-hydrogen) atoms. The number of aryl methyl sites for hydroxylation is 1. The first-order valence-corrected chi connectivity index (χ1v) is 7.29. The highest BCUT2D eigenvalue weighted by molar-refractivity contribution is 5.94. The largest absolute Gasteiger partial charge is 0.481 e. The van der Waals surface area contributed by atoms with Crippen LogP contribution in [0.1, 0.15) is 27.6 Å². The predicted molar refractivity (Wildman–Crippen MR) is 86.0 cm³/mol. The minimum absolute atomic E-state index is 0.155. The molecule has 2 aromatic carbocycles. The second-order valence-corrected chi connectivity index (χ2v) is 5.38. The number of rotatable bonds is 6. The van der Waals surface area contributed by atoms with Crippen LogP contribution in [0, 0.1) is 12.8 Å². The maximum absolute atomic E-state index is 12.0. The topological polar surface area (TPSA) is 86.6 Å². The van der Waals surface area contributed by atoms with E-state index in [0.29, 0.717) is 11.1 Å². The number of hydrogen-bond acceptors (Lipinski definition) is 3. The van der Waals surface area contributed by atoms with Crippen molar-refractivity contribution >= 4 is 11.9 Å². The Morgan fingerprint density at radius 1 is 1.04 bits per heavy atom. The lowest BCUT2D eigenvalue weighted by Gasteiger charge is -2.20. The zero-order chi connectivity index (χ0) is 16.8. The number of amides is 1. The van der Waals surface area contributed by atoms with Gasteiger partial charge in [-0.2, -0.15) is 0 Å². The van der Waals surface area contributed by atoms with Crippen LogP contribution in [0.2, 0.25) is 0 Å². The average Bonchev–Trinajstić information content (AvgIpc) is 2.55. The Balaban J connectivity index is 2.05. The molecule has 2 rings (SSSR count). The summed E-state index contributed by atoms with van der Waals surface area (Å²) in [6.07, 6.45) is -1.19. The molecule has 0 radical (unpaired) electrons. The Morgan fingerprint density at radius 3 is 2.22 bits per heavy atom. The van der Waals surface area contributed by atoms with Crippen LogP contribution in [0.25, 0.3) is 0 Å². The molecule has 2 atom stereocenters. The van der Waals surface area contributed by atoms with E-state index in [-0.39, 0.29) is 12.5 Å². The lowest BCUT2D eigenvalue weighted by atomic mass is 9.95. The summed E-state index contributed by atoms with van der Waals surface area (Å²) in [6, 6.07) is 15.5. The molecule has 0 saturated heterocycles. The number of benzene rings is 2. The van der Waals surface area contributed by atoms with Crippen LogP contribution < -0.4 is 5.32 Å². The molecule has 0 unspecified atom stereocenters. The van der Waals surface area contributed by atoms with Crippen molar-refractivity contribution in [1.29, 1.82) is 0 Å². The van der Waals surface area contributed by atoms with E-state index in [4.69, 9.17) is 0 Å². The smallest absolute Gasteiger partial charge is 0.311 e. The third-order valence-corrected chi connectivity index (χ3v) is 3.64. The minimum atomic E-state index is -1.19. The summed E-state index contributed by atoms with van der Waals surface area (Å²) in [7, 11) is 0. The molecule has 0 aromatic heterocycles. The second kappa shape index (κ2) is 7.56. The lowest BCUT2D eigenvalue weighted by Crippen LogP contribution is -2.36. The van der Waals surface area contributed by atoms with E-state index in [1.807, 2.05) is 6.92 Å². The Kier molecular flexibility index (Phi) is 5.49. The summed E-state index contributed by atoms with van der Waals surface area (Å²) in [6.45, 7) is 1.75. The molecule has 0 bridgehead atoms. The molecule has 0 aliphatic carbocycles. The number of aliphatic hydroxyl groups excluding tert-OH is 1. The minimum Gasteiger partial charge on any atom is -0.481 e. The van der Waals surface area contributed by atoms with Crippen molar-refractivity contribution in [3.05, 3.63) is 71.3 Å². The Hall–Kier alpha value is -2.66. The van der Waals surface area contributed by atoms with Gasteiger partial charge < -0.3 is 15.5 Å². The van der Waals surface area contributed by atoms with Crippen molar-refractivity contribution in [2.75, 3.05) is 6.54 Å². The van der Waals surface area contributed by atoms with Crippen molar-refractivity contribution in [2.45, 2.75) is 13.0 Å². The molecule has 0 saturated carbocycles. The van der Waals surface area contributed by atoms with Crippen molar-refractivity contribution < 1.29 is 19.8 Å². The van der Waals surface area contributed by atoms with E-state index < -0.39 is 18.0 Å². The van der Waals surface area contributed by atoms with Crippen LogP contribution >= 0.6 is 0 Å². The van der Waals surface area contributed by atoms with Gasteiger partial charge in [0.25, 0.3) is 5.91 Å². The number of carboxylic acids is 1. The van der Waals surface area contributed by atoms with Gasteiger partial charge >= 0.3 is 5.97 Å². The van der Waals surface area contributed by atoms with Gasteiger partial charge in [-0.05, 0) is 24.6 Å². The SMILES string of the molecule is Cc1ccc([C@@H](O)[C@@H](CNC(=O)c2ccccc2)C(=O)O)cc1. The van der Waals surface area contributed by atoms with E-state index >= 15 is 0 Å². The van der Waals surface area contributed by atoms with Crippen molar-refractivity contribution in [3.8, 4) is 0 Å². The average molecular weight is 313 g/mol. The molecule has 0 aliphatic rings. The quantitative estimate of drug-likeness (QED) is 0.763. The van der Waals surface area contributed by atoms with Gasteiger partial charge in [0.1, 0.15) is 5.92 Å². The molecule has 3 N–H and O–H groups in total. The maximum Gasteiger partial charge on any atom is 0.311 e. The fourth-order valence-corrected chi connectivity index (χ4v) is 2.22. The van der Waals surface area contributed by atoms with Crippen LogP contribution in [-0.2, 0) is 4.79 Å². The van der Waals surface area contributed by atoms with Gasteiger partial charge in [-0.1, -0.05) is 48.0 Å². The van der Waals surface area contributed by atoms with Gasteiger partial charge in [-0.15, -0.1) is 0 Å². The highest BCUT2D eigenvalue weighted by Gasteiger charge is 2.28. The first-order valence-electron chi connectivity index (χ1n) is 7.29. The van der Waals surface area contributed by atoms with Crippen LogP contribution in [0.4, 0.5) is 0 Å².